The quantitative estimate of drug-likeness (QED) is 0.829. The highest BCUT2D eigenvalue weighted by Gasteiger charge is 2.08. The van der Waals surface area contributed by atoms with E-state index in [4.69, 9.17) is 0 Å². The first kappa shape index (κ1) is 10.5. The van der Waals surface area contributed by atoms with Crippen LogP contribution in [0.5, 0.6) is 0 Å². The van der Waals surface area contributed by atoms with E-state index in [2.05, 4.69) is 39.1 Å². The Morgan fingerprint density at radius 3 is 3.27 bits per heavy atom. The van der Waals surface area contributed by atoms with Gasteiger partial charge in [-0.15, -0.1) is 0 Å². The van der Waals surface area contributed by atoms with Crippen LogP contribution in [-0.4, -0.2) is 31.0 Å². The molecular weight excluding hydrogens is 206 g/mol. The van der Waals surface area contributed by atoms with Crippen LogP contribution in [0.4, 0.5) is 0 Å². The Hall–Kier alpha value is -1.03. The summed E-state index contributed by atoms with van der Waals surface area (Å²) in [5.74, 6) is 1.04. The molecule has 0 aliphatic carbocycles. The van der Waals surface area contributed by atoms with Crippen molar-refractivity contribution in [1.82, 2.24) is 10.2 Å². The summed E-state index contributed by atoms with van der Waals surface area (Å²) >= 11 is 1.75. The van der Waals surface area contributed by atoms with Gasteiger partial charge in [0.05, 0.1) is 0 Å². The fourth-order valence-electron chi connectivity index (χ4n) is 1.66. The molecule has 15 heavy (non-hydrogen) atoms. The van der Waals surface area contributed by atoms with Gasteiger partial charge in [-0.25, -0.2) is 0 Å². The topological polar surface area (TPSA) is 27.6 Å². The molecule has 1 aromatic heterocycles. The maximum absolute atomic E-state index is 4.54. The van der Waals surface area contributed by atoms with Gasteiger partial charge in [0.15, 0.2) is 5.96 Å². The molecule has 3 nitrogen and oxygen atoms in total. The monoisotopic (exact) mass is 223 g/mol. The maximum Gasteiger partial charge on any atom is 0.193 e. The Balaban J connectivity index is 1.94. The number of aliphatic imine (C=N–C) groups is 1. The Labute approximate surface area is 94.8 Å². The standard InChI is InChI=1S/C11H17N3S/c1-14(8-10-4-7-15-9-10)11-12-5-2-3-6-13-11/h4,7,9H,2-3,5-6,8H2,1H3,(H,12,13). The zero-order chi connectivity index (χ0) is 10.5. The molecule has 1 aliphatic rings. The Morgan fingerprint density at radius 1 is 1.53 bits per heavy atom. The smallest absolute Gasteiger partial charge is 0.193 e. The van der Waals surface area contributed by atoms with Crippen molar-refractivity contribution in [2.75, 3.05) is 20.1 Å². The molecule has 2 heterocycles. The van der Waals surface area contributed by atoms with Crippen LogP contribution < -0.4 is 5.32 Å². The molecule has 4 heteroatoms. The summed E-state index contributed by atoms with van der Waals surface area (Å²) < 4.78 is 0. The first-order valence-electron chi connectivity index (χ1n) is 5.37. The maximum atomic E-state index is 4.54. The molecule has 2 rings (SSSR count). The summed E-state index contributed by atoms with van der Waals surface area (Å²) in [5, 5.41) is 7.68. The lowest BCUT2D eigenvalue weighted by molar-refractivity contribution is 0.479. The van der Waals surface area contributed by atoms with E-state index in [1.54, 1.807) is 11.3 Å². The summed E-state index contributed by atoms with van der Waals surface area (Å²) in [7, 11) is 2.09. The first-order chi connectivity index (χ1) is 7.36. The van der Waals surface area contributed by atoms with Crippen molar-refractivity contribution in [1.29, 1.82) is 0 Å². The largest absolute Gasteiger partial charge is 0.356 e. The minimum Gasteiger partial charge on any atom is -0.356 e. The molecule has 0 unspecified atom stereocenters. The summed E-state index contributed by atoms with van der Waals surface area (Å²) in [5.41, 5.74) is 1.36. The molecule has 0 saturated heterocycles. The van der Waals surface area contributed by atoms with E-state index in [1.165, 1.54) is 18.4 Å². The minimum atomic E-state index is 0.940. The predicted octanol–water partition coefficient (Wildman–Crippen LogP) is 1.92. The molecule has 0 fully saturated rings. The third-order valence-electron chi connectivity index (χ3n) is 2.49. The third kappa shape index (κ3) is 2.96. The summed E-state index contributed by atoms with van der Waals surface area (Å²) in [6.45, 7) is 2.94. The number of thiophene rings is 1. The summed E-state index contributed by atoms with van der Waals surface area (Å²) in [6.07, 6.45) is 2.42. The second-order valence-electron chi connectivity index (χ2n) is 3.83. The fraction of sp³-hybridized carbons (Fsp3) is 0.545. The van der Waals surface area contributed by atoms with Gasteiger partial charge in [0.1, 0.15) is 0 Å². The van der Waals surface area contributed by atoms with Gasteiger partial charge in [-0.1, -0.05) is 0 Å². The van der Waals surface area contributed by atoms with Crippen molar-refractivity contribution >= 4 is 17.3 Å². The zero-order valence-electron chi connectivity index (χ0n) is 9.07. The van der Waals surface area contributed by atoms with Crippen LogP contribution in [0.1, 0.15) is 18.4 Å². The lowest BCUT2D eigenvalue weighted by Crippen LogP contribution is -2.38. The first-order valence-corrected chi connectivity index (χ1v) is 6.31. The van der Waals surface area contributed by atoms with Gasteiger partial charge in [0.2, 0.25) is 0 Å². The van der Waals surface area contributed by atoms with Crippen molar-refractivity contribution in [3.63, 3.8) is 0 Å². The number of nitrogens with one attached hydrogen (secondary N) is 1. The molecule has 1 aromatic rings. The van der Waals surface area contributed by atoms with E-state index in [1.807, 2.05) is 0 Å². The molecule has 0 spiro atoms. The van der Waals surface area contributed by atoms with Crippen molar-refractivity contribution in [2.45, 2.75) is 19.4 Å². The molecule has 0 bridgehead atoms. The molecule has 0 atom stereocenters. The normalized spacial score (nSPS) is 16.5. The van der Waals surface area contributed by atoms with E-state index in [0.29, 0.717) is 0 Å². The number of rotatable bonds is 2. The molecular formula is C11H17N3S. The van der Waals surface area contributed by atoms with Gasteiger partial charge < -0.3 is 10.2 Å². The van der Waals surface area contributed by atoms with Crippen molar-refractivity contribution < 1.29 is 0 Å². The van der Waals surface area contributed by atoms with Crippen LogP contribution >= 0.6 is 11.3 Å². The average Bonchev–Trinajstić information content (AvgIpc) is 2.58. The van der Waals surface area contributed by atoms with Gasteiger partial charge in [-0.2, -0.15) is 11.3 Å². The van der Waals surface area contributed by atoms with Gasteiger partial charge in [-0.05, 0) is 35.2 Å². The van der Waals surface area contributed by atoms with E-state index < -0.39 is 0 Å². The van der Waals surface area contributed by atoms with Gasteiger partial charge in [0, 0.05) is 26.7 Å². The van der Waals surface area contributed by atoms with Crippen LogP contribution in [0.15, 0.2) is 21.8 Å². The van der Waals surface area contributed by atoms with Crippen LogP contribution in [0.3, 0.4) is 0 Å². The van der Waals surface area contributed by atoms with Crippen molar-refractivity contribution in [2.24, 2.45) is 4.99 Å². The highest BCUT2D eigenvalue weighted by Crippen LogP contribution is 2.09. The minimum absolute atomic E-state index is 0.940. The summed E-state index contributed by atoms with van der Waals surface area (Å²) in [4.78, 5) is 6.73. The van der Waals surface area contributed by atoms with Gasteiger partial charge in [0.25, 0.3) is 0 Å². The summed E-state index contributed by atoms with van der Waals surface area (Å²) in [6, 6.07) is 2.17. The number of nitrogens with zero attached hydrogens (tertiary/aromatic N) is 2. The molecule has 0 radical (unpaired) electrons. The molecule has 0 saturated carbocycles. The number of guanidine groups is 1. The zero-order valence-corrected chi connectivity index (χ0v) is 9.89. The van der Waals surface area contributed by atoms with E-state index >= 15 is 0 Å². The van der Waals surface area contributed by atoms with E-state index in [9.17, 15) is 0 Å². The van der Waals surface area contributed by atoms with E-state index in [-0.39, 0.29) is 0 Å². The highest BCUT2D eigenvalue weighted by molar-refractivity contribution is 7.07. The molecule has 1 N–H and O–H groups in total. The Bertz CT molecular complexity index is 319. The lowest BCUT2D eigenvalue weighted by Gasteiger charge is -2.20. The second kappa shape index (κ2) is 5.16. The molecule has 0 aromatic carbocycles. The average molecular weight is 223 g/mol. The predicted molar refractivity (Wildman–Crippen MR) is 65.3 cm³/mol. The fourth-order valence-corrected chi connectivity index (χ4v) is 2.32. The van der Waals surface area contributed by atoms with Crippen molar-refractivity contribution in [3.8, 4) is 0 Å². The number of hydrogen-bond acceptors (Lipinski definition) is 4. The molecule has 1 aliphatic heterocycles. The number of hydrogen-bond donors (Lipinski definition) is 1. The van der Waals surface area contributed by atoms with Crippen molar-refractivity contribution in [3.05, 3.63) is 22.4 Å². The van der Waals surface area contributed by atoms with E-state index in [0.717, 1.165) is 25.6 Å². The van der Waals surface area contributed by atoms with Crippen LogP contribution in [0.2, 0.25) is 0 Å². The van der Waals surface area contributed by atoms with Gasteiger partial charge >= 0.3 is 0 Å². The van der Waals surface area contributed by atoms with Crippen LogP contribution in [0.25, 0.3) is 0 Å². The highest BCUT2D eigenvalue weighted by atomic mass is 32.1. The SMILES string of the molecule is CN(Cc1ccsc1)C1=NCCCCN1. The van der Waals surface area contributed by atoms with Crippen LogP contribution in [-0.2, 0) is 6.54 Å². The molecule has 0 amide bonds. The second-order valence-corrected chi connectivity index (χ2v) is 4.61. The Kier molecular flexibility index (Phi) is 3.61. The van der Waals surface area contributed by atoms with Gasteiger partial charge in [-0.3, -0.25) is 4.99 Å². The molecule has 82 valence electrons. The lowest BCUT2D eigenvalue weighted by atomic mass is 10.3. The Morgan fingerprint density at radius 2 is 2.47 bits per heavy atom. The third-order valence-corrected chi connectivity index (χ3v) is 3.22. The van der Waals surface area contributed by atoms with Crippen LogP contribution in [0, 0.1) is 0 Å².